The summed E-state index contributed by atoms with van der Waals surface area (Å²) in [6, 6.07) is 6.99. The van der Waals surface area contributed by atoms with Gasteiger partial charge >= 0.3 is 5.97 Å². The summed E-state index contributed by atoms with van der Waals surface area (Å²) in [5.41, 5.74) is 0.991. The van der Waals surface area contributed by atoms with E-state index in [0.717, 1.165) is 5.56 Å². The van der Waals surface area contributed by atoms with E-state index < -0.39 is 24.0 Å². The molecule has 0 spiro atoms. The Kier molecular flexibility index (Phi) is 3.31. The van der Waals surface area contributed by atoms with Crippen molar-refractivity contribution in [3.05, 3.63) is 29.8 Å². The lowest BCUT2D eigenvalue weighted by atomic mass is 10.0. The average Bonchev–Trinajstić information content (AvgIpc) is 3.03. The van der Waals surface area contributed by atoms with Gasteiger partial charge in [0, 0.05) is 6.42 Å². The highest BCUT2D eigenvalue weighted by Crippen LogP contribution is 2.28. The molecule has 0 aromatic heterocycles. The van der Waals surface area contributed by atoms with Crippen molar-refractivity contribution in [2.24, 2.45) is 5.92 Å². The van der Waals surface area contributed by atoms with Crippen LogP contribution in [0.3, 0.4) is 0 Å². The normalized spacial score (nSPS) is 27.7. The van der Waals surface area contributed by atoms with Crippen molar-refractivity contribution in [2.45, 2.75) is 18.6 Å². The molecule has 3 atom stereocenters. The Hall–Kier alpha value is -2.08. The Morgan fingerprint density at radius 2 is 2.05 bits per heavy atom. The maximum Gasteiger partial charge on any atom is 0.311 e. The van der Waals surface area contributed by atoms with Gasteiger partial charge < -0.3 is 19.9 Å². The third kappa shape index (κ3) is 2.34. The molecule has 1 amide bonds. The molecule has 1 fully saturated rings. The Morgan fingerprint density at radius 3 is 2.80 bits per heavy atom. The lowest BCUT2D eigenvalue weighted by molar-refractivity contribution is -0.142. The Morgan fingerprint density at radius 1 is 1.25 bits per heavy atom. The van der Waals surface area contributed by atoms with E-state index in [2.05, 4.69) is 5.32 Å². The molecule has 20 heavy (non-hydrogen) atoms. The van der Waals surface area contributed by atoms with Crippen molar-refractivity contribution in [3.8, 4) is 5.75 Å². The van der Waals surface area contributed by atoms with Crippen LogP contribution in [-0.2, 0) is 20.7 Å². The highest BCUT2D eigenvalue weighted by Gasteiger charge is 2.37. The summed E-state index contributed by atoms with van der Waals surface area (Å²) in [5, 5.41) is 11.8. The van der Waals surface area contributed by atoms with Crippen molar-refractivity contribution >= 4 is 11.9 Å². The monoisotopic (exact) mass is 277 g/mol. The van der Waals surface area contributed by atoms with Gasteiger partial charge in [-0.1, -0.05) is 18.2 Å². The molecule has 2 aliphatic rings. The number of ether oxygens (including phenoxy) is 2. The van der Waals surface area contributed by atoms with E-state index in [1.807, 2.05) is 24.3 Å². The number of aliphatic carboxylic acids is 1. The van der Waals surface area contributed by atoms with Crippen LogP contribution in [0.5, 0.6) is 5.75 Å². The van der Waals surface area contributed by atoms with E-state index in [0.29, 0.717) is 12.2 Å². The molecule has 0 bridgehead atoms. The SMILES string of the molecule is O=C(NC1COCC1C(=O)O)C1Cc2ccccc2O1. The largest absolute Gasteiger partial charge is 0.481 e. The van der Waals surface area contributed by atoms with Crippen LogP contribution in [0.4, 0.5) is 0 Å². The number of rotatable bonds is 3. The Balaban J connectivity index is 1.63. The zero-order valence-electron chi connectivity index (χ0n) is 10.7. The van der Waals surface area contributed by atoms with Gasteiger partial charge in [-0.3, -0.25) is 9.59 Å². The van der Waals surface area contributed by atoms with Crippen LogP contribution >= 0.6 is 0 Å². The molecule has 2 N–H and O–H groups in total. The summed E-state index contributed by atoms with van der Waals surface area (Å²) in [4.78, 5) is 23.2. The van der Waals surface area contributed by atoms with Crippen molar-refractivity contribution < 1.29 is 24.2 Å². The summed E-state index contributed by atoms with van der Waals surface area (Å²) >= 11 is 0. The second kappa shape index (κ2) is 5.13. The zero-order chi connectivity index (χ0) is 14.1. The van der Waals surface area contributed by atoms with E-state index in [1.165, 1.54) is 0 Å². The molecule has 3 rings (SSSR count). The van der Waals surface area contributed by atoms with Crippen molar-refractivity contribution in [3.63, 3.8) is 0 Å². The Bertz CT molecular complexity index is 519. The summed E-state index contributed by atoms with van der Waals surface area (Å²) in [5.74, 6) is -1.22. The molecule has 0 radical (unpaired) electrons. The number of nitrogens with one attached hydrogen (secondary N) is 1. The standard InChI is InChI=1S/C14H15NO5/c16-13(15-10-7-19-6-9(10)14(17)18)12-5-8-3-1-2-4-11(8)20-12/h1-4,9-10,12H,5-7H2,(H,15,16)(H,17,18). The number of carbonyl (C=O) groups is 2. The molecule has 2 heterocycles. The van der Waals surface area contributed by atoms with Crippen LogP contribution in [-0.4, -0.2) is 42.3 Å². The fraction of sp³-hybridized carbons (Fsp3) is 0.429. The van der Waals surface area contributed by atoms with Gasteiger partial charge in [-0.05, 0) is 11.6 Å². The predicted molar refractivity (Wildman–Crippen MR) is 68.4 cm³/mol. The lowest BCUT2D eigenvalue weighted by Gasteiger charge is -2.18. The highest BCUT2D eigenvalue weighted by atomic mass is 16.5. The minimum absolute atomic E-state index is 0.131. The molecule has 0 aliphatic carbocycles. The molecule has 2 aliphatic heterocycles. The highest BCUT2D eigenvalue weighted by molar-refractivity contribution is 5.83. The van der Waals surface area contributed by atoms with Gasteiger partial charge in [0.05, 0.1) is 19.3 Å². The predicted octanol–water partition coefficient (Wildman–Crippen LogP) is 0.206. The first-order valence-corrected chi connectivity index (χ1v) is 6.50. The van der Waals surface area contributed by atoms with Crippen LogP contribution < -0.4 is 10.1 Å². The molecule has 1 aromatic carbocycles. The number of carbonyl (C=O) groups excluding carboxylic acids is 1. The summed E-state index contributed by atoms with van der Waals surface area (Å²) in [6.45, 7) is 0.356. The van der Waals surface area contributed by atoms with Gasteiger partial charge in [0.2, 0.25) is 0 Å². The van der Waals surface area contributed by atoms with E-state index in [-0.39, 0.29) is 19.1 Å². The quantitative estimate of drug-likeness (QED) is 0.824. The number of fused-ring (bicyclic) bond motifs is 1. The first kappa shape index (κ1) is 12.9. The van der Waals surface area contributed by atoms with Crippen LogP contribution in [0.25, 0.3) is 0 Å². The van der Waals surface area contributed by atoms with Gasteiger partial charge in [-0.2, -0.15) is 0 Å². The number of benzene rings is 1. The van der Waals surface area contributed by atoms with Gasteiger partial charge in [-0.15, -0.1) is 0 Å². The van der Waals surface area contributed by atoms with Crippen LogP contribution in [0.2, 0.25) is 0 Å². The van der Waals surface area contributed by atoms with E-state index in [9.17, 15) is 9.59 Å². The second-order valence-corrected chi connectivity index (χ2v) is 5.02. The number of para-hydroxylation sites is 1. The van der Waals surface area contributed by atoms with E-state index in [4.69, 9.17) is 14.6 Å². The maximum absolute atomic E-state index is 12.2. The first-order chi connectivity index (χ1) is 9.65. The van der Waals surface area contributed by atoms with Gasteiger partial charge in [0.25, 0.3) is 5.91 Å². The summed E-state index contributed by atoms with van der Waals surface area (Å²) in [7, 11) is 0. The topological polar surface area (TPSA) is 84.9 Å². The van der Waals surface area contributed by atoms with E-state index >= 15 is 0 Å². The number of carboxylic acid groups (broad SMARTS) is 1. The molecule has 6 nitrogen and oxygen atoms in total. The Labute approximate surface area is 115 Å². The molecule has 1 saturated heterocycles. The van der Waals surface area contributed by atoms with Crippen molar-refractivity contribution in [2.75, 3.05) is 13.2 Å². The average molecular weight is 277 g/mol. The summed E-state index contributed by atoms with van der Waals surface area (Å²) < 4.78 is 10.7. The molecule has 0 saturated carbocycles. The molecule has 6 heteroatoms. The van der Waals surface area contributed by atoms with Gasteiger partial charge in [0.15, 0.2) is 6.10 Å². The molecular weight excluding hydrogens is 262 g/mol. The second-order valence-electron chi connectivity index (χ2n) is 5.02. The maximum atomic E-state index is 12.2. The molecular formula is C14H15NO5. The number of carboxylic acids is 1. The third-order valence-electron chi connectivity index (χ3n) is 3.66. The lowest BCUT2D eigenvalue weighted by Crippen LogP contribution is -2.47. The van der Waals surface area contributed by atoms with Crippen LogP contribution in [0, 0.1) is 5.92 Å². The summed E-state index contributed by atoms with van der Waals surface area (Å²) in [6.07, 6.45) is -0.0877. The minimum Gasteiger partial charge on any atom is -0.481 e. The first-order valence-electron chi connectivity index (χ1n) is 6.50. The van der Waals surface area contributed by atoms with Crippen molar-refractivity contribution in [1.29, 1.82) is 0 Å². The van der Waals surface area contributed by atoms with Crippen LogP contribution in [0.15, 0.2) is 24.3 Å². The third-order valence-corrected chi connectivity index (χ3v) is 3.66. The van der Waals surface area contributed by atoms with Gasteiger partial charge in [0.1, 0.15) is 11.7 Å². The molecule has 106 valence electrons. The van der Waals surface area contributed by atoms with Gasteiger partial charge in [-0.25, -0.2) is 0 Å². The van der Waals surface area contributed by atoms with Crippen LogP contribution in [0.1, 0.15) is 5.56 Å². The fourth-order valence-corrected chi connectivity index (χ4v) is 2.54. The minimum atomic E-state index is -0.955. The zero-order valence-corrected chi connectivity index (χ0v) is 10.7. The van der Waals surface area contributed by atoms with E-state index in [1.54, 1.807) is 0 Å². The van der Waals surface area contributed by atoms with Crippen molar-refractivity contribution in [1.82, 2.24) is 5.32 Å². The number of amides is 1. The number of hydrogen-bond acceptors (Lipinski definition) is 4. The molecule has 1 aromatic rings. The smallest absolute Gasteiger partial charge is 0.311 e. The number of hydrogen-bond donors (Lipinski definition) is 2. The fourth-order valence-electron chi connectivity index (χ4n) is 2.54. The molecule has 3 unspecified atom stereocenters.